The number of hydrogen-bond acceptors (Lipinski definition) is 4. The molecule has 1 heterocycles. The minimum absolute atomic E-state index is 0.395. The van der Waals surface area contributed by atoms with Gasteiger partial charge in [-0.25, -0.2) is 8.42 Å². The third kappa shape index (κ3) is 3.28. The second-order valence-electron chi connectivity index (χ2n) is 5.03. The van der Waals surface area contributed by atoms with E-state index in [1.54, 1.807) is 18.4 Å². The molecule has 1 aromatic carbocycles. The minimum atomic E-state index is -3.49. The van der Waals surface area contributed by atoms with Gasteiger partial charge in [-0.1, -0.05) is 6.07 Å². The number of sulfonamides is 1. The van der Waals surface area contributed by atoms with Gasteiger partial charge in [0.25, 0.3) is 0 Å². The Kier molecular flexibility index (Phi) is 4.70. The lowest BCUT2D eigenvalue weighted by atomic mass is 10.1. The van der Waals surface area contributed by atoms with Crippen LogP contribution in [-0.2, 0) is 16.6 Å². The standard InChI is InChI=1S/C15H20N2O2S2/c1-11-8-13(16-3)9-12(2)15(11)21(18,19)17(4)10-14-6-5-7-20-14/h5-9,16H,10H2,1-4H3. The van der Waals surface area contributed by atoms with Crippen LogP contribution in [0.3, 0.4) is 0 Å². The van der Waals surface area contributed by atoms with Crippen molar-refractivity contribution in [2.45, 2.75) is 25.3 Å². The lowest BCUT2D eigenvalue weighted by molar-refractivity contribution is 0.468. The molecule has 0 unspecified atom stereocenters. The first-order valence-corrected chi connectivity index (χ1v) is 8.96. The molecular weight excluding hydrogens is 304 g/mol. The largest absolute Gasteiger partial charge is 0.388 e. The lowest BCUT2D eigenvalue weighted by Crippen LogP contribution is -2.27. The first-order chi connectivity index (χ1) is 9.86. The summed E-state index contributed by atoms with van der Waals surface area (Å²) in [6.07, 6.45) is 0. The highest BCUT2D eigenvalue weighted by Crippen LogP contribution is 2.27. The monoisotopic (exact) mass is 324 g/mol. The van der Waals surface area contributed by atoms with Crippen LogP contribution in [0, 0.1) is 13.8 Å². The fraction of sp³-hybridized carbons (Fsp3) is 0.333. The summed E-state index contributed by atoms with van der Waals surface area (Å²) in [5.41, 5.74) is 2.44. The van der Waals surface area contributed by atoms with E-state index in [-0.39, 0.29) is 0 Å². The summed E-state index contributed by atoms with van der Waals surface area (Å²) in [5.74, 6) is 0. The highest BCUT2D eigenvalue weighted by atomic mass is 32.2. The Morgan fingerprint density at radius 1 is 1.24 bits per heavy atom. The Morgan fingerprint density at radius 3 is 2.33 bits per heavy atom. The number of anilines is 1. The molecule has 4 nitrogen and oxygen atoms in total. The van der Waals surface area contributed by atoms with Crippen molar-refractivity contribution >= 4 is 27.0 Å². The number of benzene rings is 1. The van der Waals surface area contributed by atoms with Crippen molar-refractivity contribution in [3.05, 3.63) is 45.6 Å². The van der Waals surface area contributed by atoms with E-state index in [4.69, 9.17) is 0 Å². The molecule has 1 aromatic heterocycles. The normalized spacial score (nSPS) is 11.9. The second kappa shape index (κ2) is 6.17. The van der Waals surface area contributed by atoms with Crippen molar-refractivity contribution in [3.8, 4) is 0 Å². The van der Waals surface area contributed by atoms with Crippen molar-refractivity contribution in [3.63, 3.8) is 0 Å². The fourth-order valence-corrected chi connectivity index (χ4v) is 4.76. The molecule has 2 rings (SSSR count). The molecular formula is C15H20N2O2S2. The molecule has 0 aliphatic heterocycles. The van der Waals surface area contributed by atoms with Gasteiger partial charge in [0.15, 0.2) is 0 Å². The molecule has 0 spiro atoms. The van der Waals surface area contributed by atoms with Crippen molar-refractivity contribution in [1.29, 1.82) is 0 Å². The Morgan fingerprint density at radius 2 is 1.86 bits per heavy atom. The van der Waals surface area contributed by atoms with Crippen molar-refractivity contribution < 1.29 is 8.42 Å². The van der Waals surface area contributed by atoms with Crippen LogP contribution in [0.4, 0.5) is 5.69 Å². The van der Waals surface area contributed by atoms with E-state index in [1.165, 1.54) is 4.31 Å². The van der Waals surface area contributed by atoms with Crippen LogP contribution in [0.25, 0.3) is 0 Å². The first kappa shape index (κ1) is 16.0. The van der Waals surface area contributed by atoms with E-state index < -0.39 is 10.0 Å². The number of rotatable bonds is 5. The van der Waals surface area contributed by atoms with Gasteiger partial charge in [-0.3, -0.25) is 0 Å². The Bertz CT molecular complexity index is 699. The molecule has 0 saturated carbocycles. The molecule has 0 fully saturated rings. The van der Waals surface area contributed by atoms with Gasteiger partial charge >= 0.3 is 0 Å². The summed E-state index contributed by atoms with van der Waals surface area (Å²) in [4.78, 5) is 1.43. The fourth-order valence-electron chi connectivity index (χ4n) is 2.36. The number of nitrogens with zero attached hydrogens (tertiary/aromatic N) is 1. The third-order valence-corrected chi connectivity index (χ3v) is 6.35. The highest BCUT2D eigenvalue weighted by molar-refractivity contribution is 7.89. The smallest absolute Gasteiger partial charge is 0.243 e. The van der Waals surface area contributed by atoms with Gasteiger partial charge in [0, 0.05) is 31.2 Å². The zero-order chi connectivity index (χ0) is 15.6. The van der Waals surface area contributed by atoms with E-state index >= 15 is 0 Å². The third-order valence-electron chi connectivity index (χ3n) is 3.38. The quantitative estimate of drug-likeness (QED) is 0.918. The van der Waals surface area contributed by atoms with E-state index in [0.29, 0.717) is 11.4 Å². The maximum Gasteiger partial charge on any atom is 0.243 e. The van der Waals surface area contributed by atoms with Crippen molar-refractivity contribution in [2.75, 3.05) is 19.4 Å². The first-order valence-electron chi connectivity index (χ1n) is 6.64. The molecule has 2 aromatic rings. The topological polar surface area (TPSA) is 49.4 Å². The molecule has 6 heteroatoms. The number of nitrogens with one attached hydrogen (secondary N) is 1. The minimum Gasteiger partial charge on any atom is -0.388 e. The predicted octanol–water partition coefficient (Wildman–Crippen LogP) is 3.23. The molecule has 0 amide bonds. The molecule has 0 aliphatic carbocycles. The van der Waals surface area contributed by atoms with Gasteiger partial charge in [-0.05, 0) is 48.6 Å². The van der Waals surface area contributed by atoms with E-state index in [0.717, 1.165) is 21.7 Å². The number of thiophene rings is 1. The molecule has 0 bridgehead atoms. The highest BCUT2D eigenvalue weighted by Gasteiger charge is 2.25. The summed E-state index contributed by atoms with van der Waals surface area (Å²) in [6, 6.07) is 7.59. The van der Waals surface area contributed by atoms with E-state index in [9.17, 15) is 8.42 Å². The van der Waals surface area contributed by atoms with Gasteiger partial charge in [-0.15, -0.1) is 11.3 Å². The maximum atomic E-state index is 12.8. The van der Waals surface area contributed by atoms with Crippen molar-refractivity contribution in [2.24, 2.45) is 0 Å². The average molecular weight is 324 g/mol. The van der Waals surface area contributed by atoms with Gasteiger partial charge < -0.3 is 5.32 Å². The predicted molar refractivity (Wildman–Crippen MR) is 88.4 cm³/mol. The van der Waals surface area contributed by atoms with Crippen LogP contribution < -0.4 is 5.32 Å². The Balaban J connectivity index is 2.39. The Hall–Kier alpha value is -1.37. The second-order valence-corrected chi connectivity index (χ2v) is 8.04. The van der Waals surface area contributed by atoms with Gasteiger partial charge in [0.2, 0.25) is 10.0 Å². The summed E-state index contributed by atoms with van der Waals surface area (Å²) in [7, 11) is -0.0395. The zero-order valence-corrected chi connectivity index (χ0v) is 14.3. The maximum absolute atomic E-state index is 12.8. The van der Waals surface area contributed by atoms with Crippen LogP contribution >= 0.6 is 11.3 Å². The zero-order valence-electron chi connectivity index (χ0n) is 12.7. The van der Waals surface area contributed by atoms with Crippen LogP contribution in [0.1, 0.15) is 16.0 Å². The molecule has 1 N–H and O–H groups in total. The van der Waals surface area contributed by atoms with Crippen molar-refractivity contribution in [1.82, 2.24) is 4.31 Å². The number of hydrogen-bond donors (Lipinski definition) is 1. The lowest BCUT2D eigenvalue weighted by Gasteiger charge is -2.20. The summed E-state index contributed by atoms with van der Waals surface area (Å²) in [5, 5.41) is 5.00. The van der Waals surface area contributed by atoms with Crippen LogP contribution in [0.2, 0.25) is 0 Å². The molecule has 21 heavy (non-hydrogen) atoms. The molecule has 0 radical (unpaired) electrons. The van der Waals surface area contributed by atoms with Gasteiger partial charge in [0.05, 0.1) is 4.90 Å². The van der Waals surface area contributed by atoms with E-state index in [1.807, 2.05) is 50.5 Å². The summed E-state index contributed by atoms with van der Waals surface area (Å²) in [6.45, 7) is 4.06. The summed E-state index contributed by atoms with van der Waals surface area (Å²) < 4.78 is 27.0. The SMILES string of the molecule is CNc1cc(C)c(S(=O)(=O)N(C)Cc2cccs2)c(C)c1. The molecule has 114 valence electrons. The molecule has 0 saturated heterocycles. The van der Waals surface area contributed by atoms with Crippen LogP contribution in [0.5, 0.6) is 0 Å². The molecule has 0 atom stereocenters. The van der Waals surface area contributed by atoms with Crippen LogP contribution in [-0.4, -0.2) is 26.8 Å². The van der Waals surface area contributed by atoms with E-state index in [2.05, 4.69) is 5.32 Å². The van der Waals surface area contributed by atoms with Gasteiger partial charge in [0.1, 0.15) is 0 Å². The average Bonchev–Trinajstić information content (AvgIpc) is 2.90. The Labute approximate surface area is 130 Å². The van der Waals surface area contributed by atoms with Gasteiger partial charge in [-0.2, -0.15) is 4.31 Å². The number of aryl methyl sites for hydroxylation is 2. The van der Waals surface area contributed by atoms with Crippen LogP contribution in [0.15, 0.2) is 34.5 Å². The molecule has 0 aliphatic rings. The summed E-state index contributed by atoms with van der Waals surface area (Å²) >= 11 is 1.56.